The minimum atomic E-state index is 0.161. The van der Waals surface area contributed by atoms with E-state index < -0.39 is 0 Å². The lowest BCUT2D eigenvalue weighted by atomic mass is 10.0. The SMILES string of the molecule is CCC(N)C(c1cc(Br)cs1)N(C)Cc1ccsc1. The second-order valence-corrected chi connectivity index (χ2v) is 7.37. The van der Waals surface area contributed by atoms with Gasteiger partial charge in [0.05, 0.1) is 6.04 Å². The molecular formula is C14H19BrN2S2. The molecule has 19 heavy (non-hydrogen) atoms. The van der Waals surface area contributed by atoms with Crippen molar-refractivity contribution in [2.45, 2.75) is 32.0 Å². The maximum atomic E-state index is 6.34. The van der Waals surface area contributed by atoms with Crippen LogP contribution in [0.25, 0.3) is 0 Å². The van der Waals surface area contributed by atoms with Crippen molar-refractivity contribution in [1.82, 2.24) is 4.90 Å². The molecule has 104 valence electrons. The second-order valence-electron chi connectivity index (χ2n) is 4.73. The zero-order valence-corrected chi connectivity index (χ0v) is 14.4. The molecule has 2 aromatic rings. The Balaban J connectivity index is 2.17. The van der Waals surface area contributed by atoms with Crippen LogP contribution in [0.5, 0.6) is 0 Å². The topological polar surface area (TPSA) is 29.3 Å². The Morgan fingerprint density at radius 3 is 2.74 bits per heavy atom. The first-order chi connectivity index (χ1) is 9.11. The molecule has 0 fully saturated rings. The molecule has 0 saturated heterocycles. The van der Waals surface area contributed by atoms with Crippen molar-refractivity contribution in [1.29, 1.82) is 0 Å². The predicted molar refractivity (Wildman–Crippen MR) is 88.8 cm³/mol. The second kappa shape index (κ2) is 6.99. The summed E-state index contributed by atoms with van der Waals surface area (Å²) in [6.45, 7) is 3.09. The van der Waals surface area contributed by atoms with Gasteiger partial charge in [0.15, 0.2) is 0 Å². The van der Waals surface area contributed by atoms with Crippen molar-refractivity contribution in [2.75, 3.05) is 7.05 Å². The van der Waals surface area contributed by atoms with Crippen molar-refractivity contribution in [2.24, 2.45) is 5.73 Å². The lowest BCUT2D eigenvalue weighted by Gasteiger charge is -2.31. The number of nitrogens with two attached hydrogens (primary N) is 1. The number of nitrogens with zero attached hydrogens (tertiary/aromatic N) is 1. The number of hydrogen-bond acceptors (Lipinski definition) is 4. The number of rotatable bonds is 6. The predicted octanol–water partition coefficient (Wildman–Crippen LogP) is 4.48. The van der Waals surface area contributed by atoms with Gasteiger partial charge in [-0.1, -0.05) is 6.92 Å². The highest BCUT2D eigenvalue weighted by Gasteiger charge is 2.24. The smallest absolute Gasteiger partial charge is 0.0594 e. The van der Waals surface area contributed by atoms with E-state index in [0.29, 0.717) is 0 Å². The van der Waals surface area contributed by atoms with Crippen LogP contribution in [0.1, 0.15) is 29.8 Å². The van der Waals surface area contributed by atoms with Crippen LogP contribution in [0.15, 0.2) is 32.7 Å². The number of hydrogen-bond donors (Lipinski definition) is 1. The summed E-state index contributed by atoms with van der Waals surface area (Å²) in [6.07, 6.45) is 0.980. The van der Waals surface area contributed by atoms with Gasteiger partial charge in [-0.15, -0.1) is 11.3 Å². The molecule has 2 nitrogen and oxygen atoms in total. The summed E-state index contributed by atoms with van der Waals surface area (Å²) in [5.74, 6) is 0. The Morgan fingerprint density at radius 2 is 2.21 bits per heavy atom. The molecule has 5 heteroatoms. The number of likely N-dealkylation sites (N-methyl/N-ethyl adjacent to an activating group) is 1. The fourth-order valence-electron chi connectivity index (χ4n) is 2.23. The fraction of sp³-hybridized carbons (Fsp3) is 0.429. The molecule has 2 heterocycles. The van der Waals surface area contributed by atoms with E-state index in [2.05, 4.69) is 63.1 Å². The van der Waals surface area contributed by atoms with Crippen molar-refractivity contribution in [3.8, 4) is 0 Å². The van der Waals surface area contributed by atoms with Gasteiger partial charge in [-0.05, 0) is 57.9 Å². The summed E-state index contributed by atoms with van der Waals surface area (Å²) in [6, 6.07) is 4.81. The van der Waals surface area contributed by atoms with Gasteiger partial charge in [0.25, 0.3) is 0 Å². The van der Waals surface area contributed by atoms with Crippen molar-refractivity contribution < 1.29 is 0 Å². The van der Waals surface area contributed by atoms with Gasteiger partial charge < -0.3 is 5.73 Å². The maximum Gasteiger partial charge on any atom is 0.0594 e. The van der Waals surface area contributed by atoms with E-state index in [1.54, 1.807) is 22.7 Å². The van der Waals surface area contributed by atoms with Gasteiger partial charge in [-0.3, -0.25) is 4.90 Å². The number of halogens is 1. The van der Waals surface area contributed by atoms with Crippen LogP contribution in [-0.2, 0) is 6.54 Å². The van der Waals surface area contributed by atoms with Crippen LogP contribution >= 0.6 is 38.6 Å². The Bertz CT molecular complexity index is 495. The normalized spacial score (nSPS) is 14.8. The lowest BCUT2D eigenvalue weighted by molar-refractivity contribution is 0.205. The molecule has 0 radical (unpaired) electrons. The molecule has 2 N–H and O–H groups in total. The molecule has 2 unspecified atom stereocenters. The molecule has 0 spiro atoms. The van der Waals surface area contributed by atoms with Gasteiger partial charge in [0.1, 0.15) is 0 Å². The van der Waals surface area contributed by atoms with Crippen LogP contribution in [0.4, 0.5) is 0 Å². The number of thiophene rings is 2. The molecule has 0 aliphatic carbocycles. The summed E-state index contributed by atoms with van der Waals surface area (Å²) in [4.78, 5) is 3.69. The Labute approximate surface area is 131 Å². The third kappa shape index (κ3) is 3.89. The van der Waals surface area contributed by atoms with E-state index >= 15 is 0 Å². The van der Waals surface area contributed by atoms with Crippen molar-refractivity contribution >= 4 is 38.6 Å². The van der Waals surface area contributed by atoms with E-state index in [4.69, 9.17) is 5.73 Å². The maximum absolute atomic E-state index is 6.34. The van der Waals surface area contributed by atoms with Crippen LogP contribution in [-0.4, -0.2) is 18.0 Å². The molecule has 0 amide bonds. The highest BCUT2D eigenvalue weighted by Crippen LogP contribution is 2.32. The van der Waals surface area contributed by atoms with Crippen molar-refractivity contribution in [3.05, 3.63) is 43.2 Å². The molecule has 0 bridgehead atoms. The zero-order valence-electron chi connectivity index (χ0n) is 11.2. The standard InChI is InChI=1S/C14H19BrN2S2/c1-3-12(16)14(13-6-11(15)9-19-13)17(2)7-10-4-5-18-8-10/h4-6,8-9,12,14H,3,7,16H2,1-2H3. The first-order valence-electron chi connectivity index (χ1n) is 6.32. The molecule has 0 aliphatic heterocycles. The molecular weight excluding hydrogens is 340 g/mol. The van der Waals surface area contributed by atoms with E-state index in [1.807, 2.05) is 0 Å². The zero-order chi connectivity index (χ0) is 13.8. The summed E-state index contributed by atoms with van der Waals surface area (Å²) >= 11 is 7.05. The van der Waals surface area contributed by atoms with E-state index in [9.17, 15) is 0 Å². The summed E-state index contributed by atoms with van der Waals surface area (Å²) in [5.41, 5.74) is 7.70. The van der Waals surface area contributed by atoms with E-state index in [0.717, 1.165) is 17.4 Å². The van der Waals surface area contributed by atoms with E-state index in [1.165, 1.54) is 10.4 Å². The van der Waals surface area contributed by atoms with Crippen LogP contribution < -0.4 is 5.73 Å². The molecule has 0 aromatic carbocycles. The third-order valence-corrected chi connectivity index (χ3v) is 5.74. The molecule has 0 saturated carbocycles. The Morgan fingerprint density at radius 1 is 1.42 bits per heavy atom. The third-order valence-electron chi connectivity index (χ3n) is 3.24. The summed E-state index contributed by atoms with van der Waals surface area (Å²) < 4.78 is 1.14. The Kier molecular flexibility index (Phi) is 5.59. The average Bonchev–Trinajstić information content (AvgIpc) is 3.01. The molecule has 0 aliphatic rings. The largest absolute Gasteiger partial charge is 0.326 e. The summed E-state index contributed by atoms with van der Waals surface area (Å²) in [7, 11) is 2.16. The van der Waals surface area contributed by atoms with Gasteiger partial charge in [-0.2, -0.15) is 11.3 Å². The lowest BCUT2D eigenvalue weighted by Crippen LogP contribution is -2.38. The average molecular weight is 359 g/mol. The van der Waals surface area contributed by atoms with Crippen LogP contribution in [0.2, 0.25) is 0 Å². The first-order valence-corrected chi connectivity index (χ1v) is 8.94. The highest BCUT2D eigenvalue weighted by atomic mass is 79.9. The van der Waals surface area contributed by atoms with Gasteiger partial charge in [-0.25, -0.2) is 0 Å². The van der Waals surface area contributed by atoms with E-state index in [-0.39, 0.29) is 12.1 Å². The molecule has 2 atom stereocenters. The minimum absolute atomic E-state index is 0.161. The first kappa shape index (κ1) is 15.2. The van der Waals surface area contributed by atoms with Crippen molar-refractivity contribution in [3.63, 3.8) is 0 Å². The van der Waals surface area contributed by atoms with Gasteiger partial charge in [0, 0.05) is 27.3 Å². The van der Waals surface area contributed by atoms with Crippen LogP contribution in [0.3, 0.4) is 0 Å². The Hall–Kier alpha value is -0.200. The van der Waals surface area contributed by atoms with Crippen LogP contribution in [0, 0.1) is 0 Å². The fourth-order valence-corrected chi connectivity index (χ4v) is 4.57. The van der Waals surface area contributed by atoms with Gasteiger partial charge in [0.2, 0.25) is 0 Å². The quantitative estimate of drug-likeness (QED) is 0.824. The van der Waals surface area contributed by atoms with Gasteiger partial charge >= 0.3 is 0 Å². The molecule has 2 rings (SSSR count). The minimum Gasteiger partial charge on any atom is -0.326 e. The molecule has 2 aromatic heterocycles. The monoisotopic (exact) mass is 358 g/mol. The highest BCUT2D eigenvalue weighted by molar-refractivity contribution is 9.10. The summed E-state index contributed by atoms with van der Waals surface area (Å²) in [5, 5.41) is 6.46.